The summed E-state index contributed by atoms with van der Waals surface area (Å²) < 4.78 is 26.0. The van der Waals surface area contributed by atoms with E-state index in [1.807, 2.05) is 0 Å². The fourth-order valence-corrected chi connectivity index (χ4v) is 3.95. The molecule has 0 rings (SSSR count). The second kappa shape index (κ2) is 20.4. The summed E-state index contributed by atoms with van der Waals surface area (Å²) in [6, 6.07) is 0. The van der Waals surface area contributed by atoms with E-state index in [-0.39, 0.29) is 26.2 Å². The molecule has 0 aromatic carbocycles. The molecule has 0 saturated heterocycles. The molecule has 2 unspecified atom stereocenters. The van der Waals surface area contributed by atoms with E-state index in [4.69, 9.17) is 15.0 Å². The lowest BCUT2D eigenvalue weighted by Crippen LogP contribution is -2.25. The van der Waals surface area contributed by atoms with Gasteiger partial charge in [0.15, 0.2) is 0 Å². The van der Waals surface area contributed by atoms with E-state index in [1.165, 1.54) is 64.2 Å². The molecule has 0 spiro atoms. The van der Waals surface area contributed by atoms with Gasteiger partial charge in [0, 0.05) is 13.0 Å². The van der Waals surface area contributed by atoms with Crippen molar-refractivity contribution in [3.05, 3.63) is 0 Å². The third kappa shape index (κ3) is 19.5. The number of unbranched alkanes of at least 4 members (excludes halogenated alkanes) is 12. The summed E-state index contributed by atoms with van der Waals surface area (Å²) >= 11 is 0. The molecule has 0 saturated carbocycles. The van der Waals surface area contributed by atoms with Gasteiger partial charge in [0.2, 0.25) is 0 Å². The van der Waals surface area contributed by atoms with Crippen molar-refractivity contribution in [1.29, 1.82) is 0 Å². The first kappa shape index (κ1) is 29.5. The highest BCUT2D eigenvalue weighted by molar-refractivity contribution is 7.47. The van der Waals surface area contributed by atoms with Gasteiger partial charge in [-0.15, -0.1) is 0 Å². The quantitative estimate of drug-likeness (QED) is 0.124. The van der Waals surface area contributed by atoms with Crippen LogP contribution in [-0.2, 0) is 23.1 Å². The SMILES string of the molecule is CCCCCCCCCCCCCCCC(=O)OCC(CO)OP(=O)(O)OCCN. The van der Waals surface area contributed by atoms with E-state index in [9.17, 15) is 19.4 Å². The molecule has 0 aromatic heterocycles. The molecule has 8 nitrogen and oxygen atoms in total. The van der Waals surface area contributed by atoms with Gasteiger partial charge in [-0.2, -0.15) is 0 Å². The Morgan fingerprint density at radius 3 is 1.90 bits per heavy atom. The van der Waals surface area contributed by atoms with Crippen LogP contribution < -0.4 is 5.73 Å². The predicted molar refractivity (Wildman–Crippen MR) is 118 cm³/mol. The first-order valence-electron chi connectivity index (χ1n) is 11.6. The van der Waals surface area contributed by atoms with E-state index in [0.29, 0.717) is 0 Å². The van der Waals surface area contributed by atoms with Crippen molar-refractivity contribution in [2.45, 2.75) is 103 Å². The molecule has 0 aliphatic carbocycles. The monoisotopic (exact) mass is 453 g/mol. The van der Waals surface area contributed by atoms with E-state index in [2.05, 4.69) is 11.4 Å². The van der Waals surface area contributed by atoms with Gasteiger partial charge < -0.3 is 20.5 Å². The molecule has 0 radical (unpaired) electrons. The molecular formula is C21H44NO7P. The normalized spacial score (nSPS) is 14.4. The van der Waals surface area contributed by atoms with Crippen LogP contribution in [0.15, 0.2) is 0 Å². The summed E-state index contributed by atoms with van der Waals surface area (Å²) in [4.78, 5) is 21.2. The summed E-state index contributed by atoms with van der Waals surface area (Å²) in [6.45, 7) is 1.29. The van der Waals surface area contributed by atoms with Crippen LogP contribution in [0.25, 0.3) is 0 Å². The lowest BCUT2D eigenvalue weighted by molar-refractivity contribution is -0.147. The van der Waals surface area contributed by atoms with Crippen LogP contribution in [0.1, 0.15) is 96.8 Å². The average Bonchev–Trinajstić information content (AvgIpc) is 2.72. The van der Waals surface area contributed by atoms with E-state index in [0.717, 1.165) is 19.3 Å². The van der Waals surface area contributed by atoms with Crippen LogP contribution in [0, 0.1) is 0 Å². The number of phosphoric acid groups is 1. The topological polar surface area (TPSA) is 128 Å². The maximum Gasteiger partial charge on any atom is 0.472 e. The predicted octanol–water partition coefficient (Wildman–Crippen LogP) is 4.46. The van der Waals surface area contributed by atoms with Gasteiger partial charge in [-0.05, 0) is 6.42 Å². The maximum atomic E-state index is 11.8. The fraction of sp³-hybridized carbons (Fsp3) is 0.952. The molecule has 180 valence electrons. The minimum Gasteiger partial charge on any atom is -0.463 e. The number of phosphoric ester groups is 1. The molecular weight excluding hydrogens is 409 g/mol. The minimum atomic E-state index is -4.32. The first-order chi connectivity index (χ1) is 14.4. The van der Waals surface area contributed by atoms with Gasteiger partial charge in [-0.3, -0.25) is 13.8 Å². The summed E-state index contributed by atoms with van der Waals surface area (Å²) in [5.41, 5.74) is 5.19. The Kier molecular flexibility index (Phi) is 20.1. The van der Waals surface area contributed by atoms with Gasteiger partial charge in [0.05, 0.1) is 13.2 Å². The van der Waals surface area contributed by atoms with Gasteiger partial charge in [-0.25, -0.2) is 4.57 Å². The zero-order valence-electron chi connectivity index (χ0n) is 18.8. The third-order valence-electron chi connectivity index (χ3n) is 4.77. The van der Waals surface area contributed by atoms with Crippen molar-refractivity contribution in [2.24, 2.45) is 5.73 Å². The van der Waals surface area contributed by atoms with Crippen molar-refractivity contribution >= 4 is 13.8 Å². The zero-order chi connectivity index (χ0) is 22.5. The Morgan fingerprint density at radius 2 is 1.43 bits per heavy atom. The summed E-state index contributed by atoms with van der Waals surface area (Å²) in [5.74, 6) is -0.407. The fourth-order valence-electron chi connectivity index (χ4n) is 3.05. The molecule has 0 heterocycles. The highest BCUT2D eigenvalue weighted by Gasteiger charge is 2.27. The van der Waals surface area contributed by atoms with Crippen molar-refractivity contribution in [2.75, 3.05) is 26.4 Å². The van der Waals surface area contributed by atoms with Gasteiger partial charge >= 0.3 is 13.8 Å². The molecule has 0 aromatic rings. The second-order valence-electron chi connectivity index (χ2n) is 7.68. The van der Waals surface area contributed by atoms with E-state index >= 15 is 0 Å². The molecule has 0 fully saturated rings. The lowest BCUT2D eigenvalue weighted by Gasteiger charge is -2.18. The molecule has 0 bridgehead atoms. The molecule has 2 atom stereocenters. The van der Waals surface area contributed by atoms with Crippen molar-refractivity contribution in [1.82, 2.24) is 0 Å². The molecule has 30 heavy (non-hydrogen) atoms. The molecule has 0 amide bonds. The van der Waals surface area contributed by atoms with Crippen LogP contribution in [0.4, 0.5) is 0 Å². The number of esters is 1. The Bertz CT molecular complexity index is 451. The lowest BCUT2D eigenvalue weighted by atomic mass is 10.0. The smallest absolute Gasteiger partial charge is 0.463 e. The molecule has 0 aliphatic rings. The highest BCUT2D eigenvalue weighted by atomic mass is 31.2. The number of nitrogens with two attached hydrogens (primary N) is 1. The van der Waals surface area contributed by atoms with E-state index in [1.54, 1.807) is 0 Å². The van der Waals surface area contributed by atoms with Gasteiger partial charge in [-0.1, -0.05) is 84.0 Å². The number of aliphatic hydroxyl groups is 1. The second-order valence-corrected chi connectivity index (χ2v) is 9.08. The van der Waals surface area contributed by atoms with Crippen molar-refractivity contribution in [3.63, 3.8) is 0 Å². The number of ether oxygens (including phenoxy) is 1. The number of hydrogen-bond acceptors (Lipinski definition) is 7. The van der Waals surface area contributed by atoms with Crippen LogP contribution in [0.5, 0.6) is 0 Å². The first-order valence-corrected chi connectivity index (χ1v) is 13.1. The third-order valence-corrected chi connectivity index (χ3v) is 5.85. The Hall–Kier alpha value is -0.500. The van der Waals surface area contributed by atoms with Gasteiger partial charge in [0.25, 0.3) is 0 Å². The highest BCUT2D eigenvalue weighted by Crippen LogP contribution is 2.44. The van der Waals surface area contributed by atoms with Crippen LogP contribution >= 0.6 is 7.82 Å². The van der Waals surface area contributed by atoms with E-state index < -0.39 is 26.5 Å². The maximum absolute atomic E-state index is 11.8. The number of rotatable bonds is 22. The Labute approximate surface area is 182 Å². The number of aliphatic hydroxyl groups excluding tert-OH is 1. The largest absolute Gasteiger partial charge is 0.472 e. The number of carbonyl (C=O) groups is 1. The minimum absolute atomic E-state index is 0.0613. The Morgan fingerprint density at radius 1 is 0.933 bits per heavy atom. The molecule has 4 N–H and O–H groups in total. The Balaban J connectivity index is 3.59. The summed E-state index contributed by atoms with van der Waals surface area (Å²) in [6.07, 6.45) is 15.2. The zero-order valence-corrected chi connectivity index (χ0v) is 19.7. The van der Waals surface area contributed by atoms with Crippen LogP contribution in [0.3, 0.4) is 0 Å². The number of carbonyl (C=O) groups excluding carboxylic acids is 1. The van der Waals surface area contributed by atoms with Crippen molar-refractivity contribution < 1.29 is 33.1 Å². The molecule has 9 heteroatoms. The van der Waals surface area contributed by atoms with Gasteiger partial charge in [0.1, 0.15) is 12.7 Å². The van der Waals surface area contributed by atoms with Crippen molar-refractivity contribution in [3.8, 4) is 0 Å². The van der Waals surface area contributed by atoms with Crippen LogP contribution in [-0.4, -0.2) is 48.4 Å². The standard InChI is InChI=1S/C21H44NO7P/c1-2-3-4-5-6-7-8-9-10-11-12-13-14-15-21(24)27-19-20(18-23)29-30(25,26)28-17-16-22/h20,23H,2-19,22H2,1H3,(H,25,26). The number of hydrogen-bond donors (Lipinski definition) is 3. The van der Waals surface area contributed by atoms with Crippen LogP contribution in [0.2, 0.25) is 0 Å². The average molecular weight is 454 g/mol. The molecule has 0 aliphatic heterocycles. The summed E-state index contributed by atoms with van der Waals surface area (Å²) in [5, 5.41) is 9.20. The summed E-state index contributed by atoms with van der Waals surface area (Å²) in [7, 11) is -4.32.